The molecule has 0 bridgehead atoms. The first-order valence-electron chi connectivity index (χ1n) is 13.4. The Hall–Kier alpha value is -3.96. The fourth-order valence-electron chi connectivity index (χ4n) is 5.06. The first kappa shape index (κ1) is 29.5. The second kappa shape index (κ2) is 11.7. The van der Waals surface area contributed by atoms with Gasteiger partial charge in [0.2, 0.25) is 20.0 Å². The van der Waals surface area contributed by atoms with Crippen molar-refractivity contribution < 1.29 is 16.8 Å². The highest BCUT2D eigenvalue weighted by molar-refractivity contribution is 7.90. The molecule has 0 aromatic heterocycles. The molecule has 0 aliphatic heterocycles. The third kappa shape index (κ3) is 5.98. The van der Waals surface area contributed by atoms with Gasteiger partial charge in [0.15, 0.2) is 0 Å². The average molecular weight is 603 g/mol. The first-order chi connectivity index (χ1) is 20.0. The Morgan fingerprint density at radius 1 is 0.476 bits per heavy atom. The van der Waals surface area contributed by atoms with Crippen molar-refractivity contribution in [2.75, 3.05) is 38.0 Å². The van der Waals surface area contributed by atoms with Crippen LogP contribution in [0.3, 0.4) is 0 Å². The third-order valence-corrected chi connectivity index (χ3v) is 10.1. The Labute approximate surface area is 247 Å². The molecule has 2 N–H and O–H groups in total. The summed E-state index contributed by atoms with van der Waals surface area (Å²) in [5.74, 6) is 0. The summed E-state index contributed by atoms with van der Waals surface area (Å²) in [6.45, 7) is 0.199. The molecule has 0 aliphatic rings. The van der Waals surface area contributed by atoms with Crippen molar-refractivity contribution in [1.82, 2.24) is 9.44 Å². The number of sulfonamides is 2. The number of benzene rings is 5. The van der Waals surface area contributed by atoms with Crippen molar-refractivity contribution in [2.45, 2.75) is 22.9 Å². The van der Waals surface area contributed by atoms with Crippen LogP contribution in [0.5, 0.6) is 0 Å². The first-order valence-corrected chi connectivity index (χ1v) is 16.4. The Kier molecular flexibility index (Phi) is 8.25. The second-order valence-corrected chi connectivity index (χ2v) is 14.0. The zero-order chi connectivity index (χ0) is 30.1. The van der Waals surface area contributed by atoms with Gasteiger partial charge >= 0.3 is 0 Å². The van der Waals surface area contributed by atoms with Crippen molar-refractivity contribution in [3.8, 4) is 0 Å². The molecule has 0 aliphatic carbocycles. The summed E-state index contributed by atoms with van der Waals surface area (Å²) in [6, 6.07) is 29.0. The van der Waals surface area contributed by atoms with E-state index in [0.29, 0.717) is 10.8 Å². The largest absolute Gasteiger partial charge is 0.377 e. The highest BCUT2D eigenvalue weighted by atomic mass is 32.2. The molecule has 10 heteroatoms. The van der Waals surface area contributed by atoms with Crippen molar-refractivity contribution in [1.29, 1.82) is 0 Å². The van der Waals surface area contributed by atoms with Crippen molar-refractivity contribution in [2.24, 2.45) is 0 Å². The maximum atomic E-state index is 13.3. The van der Waals surface area contributed by atoms with E-state index >= 15 is 0 Å². The summed E-state index contributed by atoms with van der Waals surface area (Å²) in [5.41, 5.74) is 3.39. The molecule has 0 atom stereocenters. The van der Waals surface area contributed by atoms with Gasteiger partial charge in [0, 0.05) is 74.2 Å². The minimum Gasteiger partial charge on any atom is -0.377 e. The van der Waals surface area contributed by atoms with Gasteiger partial charge in [0.25, 0.3) is 0 Å². The lowest BCUT2D eigenvalue weighted by atomic mass is 10.1. The van der Waals surface area contributed by atoms with Crippen molar-refractivity contribution in [3.63, 3.8) is 0 Å². The molecule has 42 heavy (non-hydrogen) atoms. The van der Waals surface area contributed by atoms with Crippen LogP contribution in [-0.4, -0.2) is 45.0 Å². The van der Waals surface area contributed by atoms with Gasteiger partial charge in [-0.1, -0.05) is 72.8 Å². The Morgan fingerprint density at radius 3 is 1.17 bits per heavy atom. The normalized spacial score (nSPS) is 12.1. The van der Waals surface area contributed by atoms with E-state index in [-0.39, 0.29) is 22.9 Å². The minimum atomic E-state index is -3.79. The van der Waals surface area contributed by atoms with Gasteiger partial charge in [0.1, 0.15) is 0 Å². The number of fused-ring (bicyclic) bond motifs is 2. The van der Waals surface area contributed by atoms with E-state index in [2.05, 4.69) is 9.44 Å². The molecule has 218 valence electrons. The molecule has 5 aromatic carbocycles. The number of nitrogens with zero attached hydrogens (tertiary/aromatic N) is 2. The van der Waals surface area contributed by atoms with Crippen LogP contribution in [0.2, 0.25) is 0 Å². The fraction of sp³-hybridized carbons (Fsp3) is 0.188. The predicted octanol–water partition coefficient (Wildman–Crippen LogP) is 5.08. The van der Waals surface area contributed by atoms with Crippen LogP contribution in [0.25, 0.3) is 21.5 Å². The molecule has 5 rings (SSSR count). The van der Waals surface area contributed by atoms with Gasteiger partial charge in [-0.05, 0) is 35.4 Å². The standard InChI is InChI=1S/C32H34N4O4S2/c1-35(2)29-13-5-11-27-25(29)9-7-15-31(27)41(37,38)33-21-23-17-19-24(20-18-23)22-34-42(39,40)32-16-8-10-26-28(32)12-6-14-30(26)36(3)4/h5-20,33-34H,21-22H2,1-4H3. The summed E-state index contributed by atoms with van der Waals surface area (Å²) >= 11 is 0. The highest BCUT2D eigenvalue weighted by Crippen LogP contribution is 2.31. The molecular weight excluding hydrogens is 569 g/mol. The Morgan fingerprint density at radius 2 is 0.810 bits per heavy atom. The van der Waals surface area contributed by atoms with Crippen LogP contribution in [0.1, 0.15) is 11.1 Å². The van der Waals surface area contributed by atoms with Gasteiger partial charge in [-0.25, -0.2) is 26.3 Å². The zero-order valence-electron chi connectivity index (χ0n) is 24.0. The van der Waals surface area contributed by atoms with Gasteiger partial charge in [0.05, 0.1) is 9.79 Å². The number of rotatable bonds is 10. The molecule has 0 fully saturated rings. The molecule has 0 saturated heterocycles. The van der Waals surface area contributed by atoms with Crippen LogP contribution in [-0.2, 0) is 33.1 Å². The number of anilines is 2. The molecule has 0 amide bonds. The van der Waals surface area contributed by atoms with Gasteiger partial charge in [-0.3, -0.25) is 0 Å². The average Bonchev–Trinajstić information content (AvgIpc) is 2.98. The summed E-state index contributed by atoms with van der Waals surface area (Å²) < 4.78 is 58.5. The summed E-state index contributed by atoms with van der Waals surface area (Å²) in [5, 5.41) is 3.03. The van der Waals surface area contributed by atoms with E-state index in [1.807, 2.05) is 86.5 Å². The molecule has 0 heterocycles. The predicted molar refractivity (Wildman–Crippen MR) is 171 cm³/mol. The van der Waals surface area contributed by atoms with E-state index in [1.54, 1.807) is 48.5 Å². The Bertz CT molecular complexity index is 1830. The van der Waals surface area contributed by atoms with E-state index in [4.69, 9.17) is 0 Å². The molecule has 8 nitrogen and oxygen atoms in total. The molecular formula is C32H34N4O4S2. The SMILES string of the molecule is CN(C)c1cccc2c(S(=O)(=O)NCc3ccc(CNS(=O)(=O)c4cccc5c(N(C)C)cccc45)cc3)cccc12. The maximum Gasteiger partial charge on any atom is 0.241 e. The van der Waals surface area contributed by atoms with Crippen LogP contribution in [0, 0.1) is 0 Å². The molecule has 5 aromatic rings. The van der Waals surface area contributed by atoms with Crippen LogP contribution in [0.4, 0.5) is 11.4 Å². The second-order valence-electron chi connectivity index (χ2n) is 10.5. The summed E-state index contributed by atoms with van der Waals surface area (Å²) in [4.78, 5) is 4.36. The highest BCUT2D eigenvalue weighted by Gasteiger charge is 2.20. The van der Waals surface area contributed by atoms with E-state index in [9.17, 15) is 16.8 Å². The molecule has 0 radical (unpaired) electrons. The lowest BCUT2D eigenvalue weighted by Gasteiger charge is -2.17. The maximum absolute atomic E-state index is 13.3. The quantitative estimate of drug-likeness (QED) is 0.231. The lowest BCUT2D eigenvalue weighted by molar-refractivity contribution is 0.580. The van der Waals surface area contributed by atoms with Gasteiger partial charge in [-0.15, -0.1) is 0 Å². The third-order valence-electron chi connectivity index (χ3n) is 7.22. The fourth-order valence-corrected chi connectivity index (χ4v) is 7.54. The molecule has 0 saturated carbocycles. The van der Waals surface area contributed by atoms with E-state index < -0.39 is 20.0 Å². The number of hydrogen-bond donors (Lipinski definition) is 2. The minimum absolute atomic E-state index is 0.0995. The molecule has 0 spiro atoms. The van der Waals surface area contributed by atoms with Crippen LogP contribution >= 0.6 is 0 Å². The van der Waals surface area contributed by atoms with Gasteiger partial charge < -0.3 is 9.80 Å². The van der Waals surface area contributed by atoms with Crippen LogP contribution < -0.4 is 19.2 Å². The van der Waals surface area contributed by atoms with Crippen LogP contribution in [0.15, 0.2) is 107 Å². The van der Waals surface area contributed by atoms with Crippen molar-refractivity contribution >= 4 is 53.0 Å². The monoisotopic (exact) mass is 602 g/mol. The summed E-state index contributed by atoms with van der Waals surface area (Å²) in [7, 11) is 0.120. The smallest absolute Gasteiger partial charge is 0.241 e. The Balaban J connectivity index is 1.28. The lowest BCUT2D eigenvalue weighted by Crippen LogP contribution is -2.24. The van der Waals surface area contributed by atoms with Gasteiger partial charge in [-0.2, -0.15) is 0 Å². The zero-order valence-corrected chi connectivity index (χ0v) is 25.6. The van der Waals surface area contributed by atoms with Crippen molar-refractivity contribution in [3.05, 3.63) is 108 Å². The number of nitrogens with one attached hydrogen (secondary N) is 2. The van der Waals surface area contributed by atoms with E-state index in [1.165, 1.54) is 0 Å². The number of hydrogen-bond acceptors (Lipinski definition) is 6. The topological polar surface area (TPSA) is 98.8 Å². The van der Waals surface area contributed by atoms with E-state index in [0.717, 1.165) is 33.3 Å². The summed E-state index contributed by atoms with van der Waals surface area (Å²) in [6.07, 6.45) is 0. The molecule has 0 unspecified atom stereocenters.